The molecule has 5 nitrogen and oxygen atoms in total. The zero-order valence-electron chi connectivity index (χ0n) is 13.2. The molecule has 116 valence electrons. The Labute approximate surface area is 121 Å². The lowest BCUT2D eigenvalue weighted by atomic mass is 9.76. The summed E-state index contributed by atoms with van der Waals surface area (Å²) in [6.45, 7) is 8.93. The monoisotopic (exact) mass is 284 g/mol. The van der Waals surface area contributed by atoms with E-state index in [1.807, 2.05) is 27.7 Å². The molecule has 1 fully saturated rings. The van der Waals surface area contributed by atoms with Crippen LogP contribution >= 0.6 is 0 Å². The molecule has 0 saturated carbocycles. The van der Waals surface area contributed by atoms with E-state index in [-0.39, 0.29) is 11.6 Å². The molecule has 2 N–H and O–H groups in total. The summed E-state index contributed by atoms with van der Waals surface area (Å²) in [6, 6.07) is -0.140. The third kappa shape index (κ3) is 3.87. The van der Waals surface area contributed by atoms with Crippen LogP contribution in [0, 0.1) is 5.41 Å². The molecular formula is C15H28N2O3. The van der Waals surface area contributed by atoms with Crippen LogP contribution in [0.1, 0.15) is 59.8 Å². The second-order valence-electron chi connectivity index (χ2n) is 6.53. The van der Waals surface area contributed by atoms with Crippen molar-refractivity contribution in [3.8, 4) is 0 Å². The second-order valence-corrected chi connectivity index (χ2v) is 6.53. The predicted octanol–water partition coefficient (Wildman–Crippen LogP) is 2.85. The van der Waals surface area contributed by atoms with Gasteiger partial charge in [-0.15, -0.1) is 0 Å². The van der Waals surface area contributed by atoms with Gasteiger partial charge in [-0.25, -0.2) is 4.79 Å². The first-order chi connectivity index (χ1) is 9.26. The number of urea groups is 1. The van der Waals surface area contributed by atoms with Crippen LogP contribution in [0.3, 0.4) is 0 Å². The van der Waals surface area contributed by atoms with Crippen LogP contribution in [-0.2, 0) is 4.79 Å². The van der Waals surface area contributed by atoms with Crippen LogP contribution in [0.5, 0.6) is 0 Å². The Morgan fingerprint density at radius 2 is 2.00 bits per heavy atom. The number of nitrogens with one attached hydrogen (secondary N) is 1. The third-order valence-corrected chi connectivity index (χ3v) is 4.38. The van der Waals surface area contributed by atoms with E-state index in [1.165, 1.54) is 0 Å². The van der Waals surface area contributed by atoms with Gasteiger partial charge in [0.25, 0.3) is 0 Å². The summed E-state index contributed by atoms with van der Waals surface area (Å²) in [6.07, 6.45) is 3.71. The molecule has 1 saturated heterocycles. The summed E-state index contributed by atoms with van der Waals surface area (Å²) in [5.74, 6) is -0.772. The van der Waals surface area contributed by atoms with E-state index >= 15 is 0 Å². The van der Waals surface area contributed by atoms with Crippen molar-refractivity contribution in [2.75, 3.05) is 13.1 Å². The fraction of sp³-hybridized carbons (Fsp3) is 0.867. The number of hydrogen-bond acceptors (Lipinski definition) is 2. The van der Waals surface area contributed by atoms with Crippen LogP contribution in [0.15, 0.2) is 0 Å². The van der Waals surface area contributed by atoms with Crippen molar-refractivity contribution in [3.05, 3.63) is 0 Å². The number of carboxylic acids is 1. The number of rotatable bonds is 5. The minimum Gasteiger partial charge on any atom is -0.481 e. The molecule has 0 aromatic heterocycles. The maximum absolute atomic E-state index is 12.3. The van der Waals surface area contributed by atoms with Crippen LogP contribution in [0.25, 0.3) is 0 Å². The molecule has 2 amide bonds. The van der Waals surface area contributed by atoms with E-state index < -0.39 is 11.4 Å². The van der Waals surface area contributed by atoms with Gasteiger partial charge in [0.15, 0.2) is 0 Å². The number of amides is 2. The van der Waals surface area contributed by atoms with Gasteiger partial charge < -0.3 is 15.3 Å². The first-order valence-electron chi connectivity index (χ1n) is 7.57. The zero-order chi connectivity index (χ0) is 15.4. The number of likely N-dealkylation sites (tertiary alicyclic amines) is 1. The molecule has 1 heterocycles. The Morgan fingerprint density at radius 3 is 2.50 bits per heavy atom. The van der Waals surface area contributed by atoms with Gasteiger partial charge in [-0.1, -0.05) is 20.3 Å². The number of aliphatic carboxylic acids is 1. The van der Waals surface area contributed by atoms with Gasteiger partial charge in [0.2, 0.25) is 0 Å². The van der Waals surface area contributed by atoms with E-state index in [9.17, 15) is 14.7 Å². The van der Waals surface area contributed by atoms with Gasteiger partial charge in [0, 0.05) is 18.6 Å². The lowest BCUT2D eigenvalue weighted by molar-refractivity contribution is -0.152. The van der Waals surface area contributed by atoms with Crippen molar-refractivity contribution < 1.29 is 14.7 Å². The van der Waals surface area contributed by atoms with E-state index in [1.54, 1.807) is 4.90 Å². The van der Waals surface area contributed by atoms with Crippen molar-refractivity contribution in [2.24, 2.45) is 5.41 Å². The first kappa shape index (κ1) is 16.8. The smallest absolute Gasteiger partial charge is 0.317 e. The average Bonchev–Trinajstić information content (AvgIpc) is 2.38. The summed E-state index contributed by atoms with van der Waals surface area (Å²) >= 11 is 0. The maximum atomic E-state index is 12.3. The predicted molar refractivity (Wildman–Crippen MR) is 78.7 cm³/mol. The van der Waals surface area contributed by atoms with Crippen molar-refractivity contribution in [1.29, 1.82) is 0 Å². The van der Waals surface area contributed by atoms with E-state index in [4.69, 9.17) is 0 Å². The Balaban J connectivity index is 2.77. The molecule has 0 radical (unpaired) electrons. The summed E-state index contributed by atoms with van der Waals surface area (Å²) in [4.78, 5) is 25.6. The summed E-state index contributed by atoms with van der Waals surface area (Å²) in [5, 5.41) is 12.5. The van der Waals surface area contributed by atoms with Crippen LogP contribution < -0.4 is 5.32 Å². The van der Waals surface area contributed by atoms with Gasteiger partial charge in [-0.3, -0.25) is 4.79 Å². The lowest BCUT2D eigenvalue weighted by Gasteiger charge is -2.41. The molecule has 1 atom stereocenters. The van der Waals surface area contributed by atoms with Crippen LogP contribution in [0.2, 0.25) is 0 Å². The summed E-state index contributed by atoms with van der Waals surface area (Å²) < 4.78 is 0. The van der Waals surface area contributed by atoms with Crippen molar-refractivity contribution in [3.63, 3.8) is 0 Å². The number of carbonyl (C=O) groups is 2. The van der Waals surface area contributed by atoms with Crippen molar-refractivity contribution >= 4 is 12.0 Å². The van der Waals surface area contributed by atoms with Crippen LogP contribution in [-0.4, -0.2) is 40.6 Å². The van der Waals surface area contributed by atoms with Gasteiger partial charge in [-0.05, 0) is 39.5 Å². The number of carbonyl (C=O) groups excluding carboxylic acids is 1. The molecule has 1 aliphatic rings. The molecular weight excluding hydrogens is 256 g/mol. The van der Waals surface area contributed by atoms with Crippen LogP contribution in [0.4, 0.5) is 4.79 Å². The zero-order valence-corrected chi connectivity index (χ0v) is 13.2. The van der Waals surface area contributed by atoms with Gasteiger partial charge in [-0.2, -0.15) is 0 Å². The molecule has 0 aromatic carbocycles. The minimum atomic E-state index is -0.772. The van der Waals surface area contributed by atoms with Crippen molar-refractivity contribution in [2.45, 2.75) is 65.3 Å². The minimum absolute atomic E-state index is 0.140. The van der Waals surface area contributed by atoms with E-state index in [2.05, 4.69) is 5.32 Å². The SMILES string of the molecule is CCCC1(C(=O)O)CCCN(C(=O)NC(C)(C)CC)C1. The van der Waals surface area contributed by atoms with Gasteiger partial charge >= 0.3 is 12.0 Å². The molecule has 1 aliphatic heterocycles. The van der Waals surface area contributed by atoms with Gasteiger partial charge in [0.05, 0.1) is 5.41 Å². The summed E-state index contributed by atoms with van der Waals surface area (Å²) in [7, 11) is 0. The molecule has 5 heteroatoms. The topological polar surface area (TPSA) is 69.6 Å². The lowest BCUT2D eigenvalue weighted by Crippen LogP contribution is -2.56. The molecule has 20 heavy (non-hydrogen) atoms. The quantitative estimate of drug-likeness (QED) is 0.815. The Morgan fingerprint density at radius 1 is 1.35 bits per heavy atom. The van der Waals surface area contributed by atoms with Crippen molar-refractivity contribution in [1.82, 2.24) is 10.2 Å². The first-order valence-corrected chi connectivity index (χ1v) is 7.57. The highest BCUT2D eigenvalue weighted by atomic mass is 16.4. The number of piperidine rings is 1. The molecule has 0 aliphatic carbocycles. The fourth-order valence-corrected chi connectivity index (χ4v) is 2.73. The Kier molecular flexibility index (Phi) is 5.42. The van der Waals surface area contributed by atoms with Gasteiger partial charge in [0.1, 0.15) is 0 Å². The Bertz CT molecular complexity index is 364. The molecule has 1 rings (SSSR count). The second kappa shape index (κ2) is 6.46. The normalized spacial score (nSPS) is 23.5. The number of carboxylic acid groups (broad SMARTS) is 1. The molecule has 0 bridgehead atoms. The number of hydrogen-bond donors (Lipinski definition) is 2. The largest absolute Gasteiger partial charge is 0.481 e. The third-order valence-electron chi connectivity index (χ3n) is 4.38. The fourth-order valence-electron chi connectivity index (χ4n) is 2.73. The highest BCUT2D eigenvalue weighted by Crippen LogP contribution is 2.35. The highest BCUT2D eigenvalue weighted by Gasteiger charge is 2.43. The molecule has 0 spiro atoms. The highest BCUT2D eigenvalue weighted by molar-refractivity contribution is 5.79. The average molecular weight is 284 g/mol. The van der Waals surface area contributed by atoms with E-state index in [0.29, 0.717) is 25.9 Å². The standard InChI is InChI=1S/C15H28N2O3/c1-5-8-15(12(18)19)9-7-10-17(11-15)13(20)16-14(3,4)6-2/h5-11H2,1-4H3,(H,16,20)(H,18,19). The number of nitrogens with zero attached hydrogens (tertiary/aromatic N) is 1. The Hall–Kier alpha value is -1.26. The molecule has 0 aromatic rings. The summed E-state index contributed by atoms with van der Waals surface area (Å²) in [5.41, 5.74) is -1.02. The maximum Gasteiger partial charge on any atom is 0.317 e. The van der Waals surface area contributed by atoms with E-state index in [0.717, 1.165) is 19.3 Å². The molecule has 1 unspecified atom stereocenters.